The van der Waals surface area contributed by atoms with E-state index in [2.05, 4.69) is 6.07 Å². The molecule has 0 fully saturated rings. The number of benzene rings is 2. The number of nitrogens with zero attached hydrogens (tertiary/aromatic N) is 1. The molecule has 0 saturated heterocycles. The van der Waals surface area contributed by atoms with Crippen LogP contribution in [0.25, 0.3) is 0 Å². The minimum atomic E-state index is -0.979. The smallest absolute Gasteiger partial charge is 0.335 e. The molecule has 0 heterocycles. The van der Waals surface area contributed by atoms with Crippen molar-refractivity contribution in [2.45, 2.75) is 13.8 Å². The van der Waals surface area contributed by atoms with Crippen LogP contribution >= 0.6 is 0 Å². The second kappa shape index (κ2) is 5.45. The number of hydrogen-bond acceptors (Lipinski definition) is 3. The molecule has 4 heteroatoms. The number of carboxylic acids is 1. The number of hydrogen-bond donors (Lipinski definition) is 1. The van der Waals surface area contributed by atoms with Gasteiger partial charge in [-0.2, -0.15) is 5.26 Å². The van der Waals surface area contributed by atoms with Gasteiger partial charge in [-0.25, -0.2) is 4.79 Å². The molecule has 0 atom stereocenters. The lowest BCUT2D eigenvalue weighted by Gasteiger charge is -2.11. The average molecular weight is 267 g/mol. The second-order valence-electron chi connectivity index (χ2n) is 4.50. The van der Waals surface area contributed by atoms with Crippen LogP contribution in [0.15, 0.2) is 36.4 Å². The Morgan fingerprint density at radius 3 is 2.45 bits per heavy atom. The maximum absolute atomic E-state index is 10.9. The van der Waals surface area contributed by atoms with Gasteiger partial charge in [0.05, 0.1) is 11.1 Å². The molecular formula is C16H13NO3. The largest absolute Gasteiger partial charge is 0.478 e. The Morgan fingerprint density at radius 2 is 1.85 bits per heavy atom. The van der Waals surface area contributed by atoms with Crippen LogP contribution in [0.4, 0.5) is 0 Å². The van der Waals surface area contributed by atoms with E-state index < -0.39 is 5.97 Å². The highest BCUT2D eigenvalue weighted by Gasteiger charge is 2.09. The van der Waals surface area contributed by atoms with E-state index in [4.69, 9.17) is 15.1 Å². The molecule has 2 aromatic rings. The number of ether oxygens (including phenoxy) is 1. The topological polar surface area (TPSA) is 70.3 Å². The van der Waals surface area contributed by atoms with E-state index >= 15 is 0 Å². The molecule has 4 nitrogen and oxygen atoms in total. The Balaban J connectivity index is 2.36. The van der Waals surface area contributed by atoms with E-state index in [0.29, 0.717) is 22.6 Å². The minimum Gasteiger partial charge on any atom is -0.478 e. The van der Waals surface area contributed by atoms with Crippen LogP contribution in [0.1, 0.15) is 27.0 Å². The van der Waals surface area contributed by atoms with Gasteiger partial charge in [0.25, 0.3) is 0 Å². The fraction of sp³-hybridized carbons (Fsp3) is 0.125. The first-order valence-corrected chi connectivity index (χ1v) is 6.04. The third kappa shape index (κ3) is 2.78. The maximum Gasteiger partial charge on any atom is 0.335 e. The van der Waals surface area contributed by atoms with Crippen molar-refractivity contribution < 1.29 is 14.6 Å². The van der Waals surface area contributed by atoms with E-state index in [1.165, 1.54) is 12.1 Å². The number of nitriles is 1. The zero-order chi connectivity index (χ0) is 14.7. The van der Waals surface area contributed by atoms with Crippen molar-refractivity contribution in [3.05, 3.63) is 58.7 Å². The number of carboxylic acid groups (broad SMARTS) is 1. The maximum atomic E-state index is 10.9. The van der Waals surface area contributed by atoms with E-state index in [1.807, 2.05) is 13.0 Å². The highest BCUT2D eigenvalue weighted by atomic mass is 16.5. The lowest BCUT2D eigenvalue weighted by atomic mass is 10.1. The molecule has 0 spiro atoms. The van der Waals surface area contributed by atoms with Crippen LogP contribution in [0, 0.1) is 25.2 Å². The summed E-state index contributed by atoms with van der Waals surface area (Å²) < 4.78 is 5.71. The van der Waals surface area contributed by atoms with Crippen molar-refractivity contribution >= 4 is 5.97 Å². The molecule has 0 aliphatic heterocycles. The van der Waals surface area contributed by atoms with Crippen molar-refractivity contribution in [1.82, 2.24) is 0 Å². The van der Waals surface area contributed by atoms with Crippen LogP contribution in [-0.4, -0.2) is 11.1 Å². The van der Waals surface area contributed by atoms with Crippen molar-refractivity contribution in [3.63, 3.8) is 0 Å². The molecular weight excluding hydrogens is 254 g/mol. The van der Waals surface area contributed by atoms with Gasteiger partial charge in [-0.3, -0.25) is 0 Å². The number of aryl methyl sites for hydroxylation is 2. The molecule has 2 aromatic carbocycles. The molecule has 0 aromatic heterocycles. The highest BCUT2D eigenvalue weighted by molar-refractivity contribution is 5.88. The number of carbonyl (C=O) groups is 1. The number of aromatic carboxylic acids is 1. The van der Waals surface area contributed by atoms with Gasteiger partial charge in [0.2, 0.25) is 0 Å². The summed E-state index contributed by atoms with van der Waals surface area (Å²) in [4.78, 5) is 10.9. The fourth-order valence-corrected chi connectivity index (χ4v) is 1.84. The normalized spacial score (nSPS) is 9.85. The lowest BCUT2D eigenvalue weighted by Crippen LogP contribution is -1.98. The number of rotatable bonds is 3. The molecule has 2 rings (SSSR count). The predicted molar refractivity (Wildman–Crippen MR) is 74.1 cm³/mol. The third-order valence-corrected chi connectivity index (χ3v) is 2.90. The monoisotopic (exact) mass is 267 g/mol. The van der Waals surface area contributed by atoms with Crippen LogP contribution in [0.5, 0.6) is 11.5 Å². The van der Waals surface area contributed by atoms with E-state index in [-0.39, 0.29) is 5.56 Å². The van der Waals surface area contributed by atoms with Crippen molar-refractivity contribution in [2.24, 2.45) is 0 Å². The Labute approximate surface area is 116 Å². The average Bonchev–Trinajstić information content (AvgIpc) is 2.42. The lowest BCUT2D eigenvalue weighted by molar-refractivity contribution is 0.0697. The van der Waals surface area contributed by atoms with Crippen LogP contribution in [0.2, 0.25) is 0 Å². The van der Waals surface area contributed by atoms with Crippen molar-refractivity contribution in [1.29, 1.82) is 5.26 Å². The Kier molecular flexibility index (Phi) is 3.72. The minimum absolute atomic E-state index is 0.208. The van der Waals surface area contributed by atoms with Crippen LogP contribution in [-0.2, 0) is 0 Å². The zero-order valence-electron chi connectivity index (χ0n) is 11.2. The van der Waals surface area contributed by atoms with Gasteiger partial charge in [0.15, 0.2) is 0 Å². The molecule has 1 N–H and O–H groups in total. The quantitative estimate of drug-likeness (QED) is 0.921. The highest BCUT2D eigenvalue weighted by Crippen LogP contribution is 2.28. The first-order chi connectivity index (χ1) is 9.51. The molecule has 0 aliphatic rings. The van der Waals surface area contributed by atoms with Gasteiger partial charge in [0.1, 0.15) is 17.6 Å². The summed E-state index contributed by atoms with van der Waals surface area (Å²) in [5.74, 6) is 0.0207. The molecule has 0 aliphatic carbocycles. The first-order valence-electron chi connectivity index (χ1n) is 6.04. The van der Waals surface area contributed by atoms with E-state index in [1.54, 1.807) is 25.1 Å². The predicted octanol–water partition coefficient (Wildman–Crippen LogP) is 3.67. The second-order valence-corrected chi connectivity index (χ2v) is 4.50. The summed E-state index contributed by atoms with van der Waals surface area (Å²) in [7, 11) is 0. The van der Waals surface area contributed by atoms with Crippen molar-refractivity contribution in [3.8, 4) is 17.6 Å². The molecule has 100 valence electrons. The van der Waals surface area contributed by atoms with Gasteiger partial charge < -0.3 is 9.84 Å². The summed E-state index contributed by atoms with van der Waals surface area (Å²) in [6.45, 7) is 3.67. The van der Waals surface area contributed by atoms with Crippen molar-refractivity contribution in [2.75, 3.05) is 0 Å². The Bertz CT molecular complexity index is 714. The molecule has 0 saturated carbocycles. The summed E-state index contributed by atoms with van der Waals surface area (Å²) in [6.07, 6.45) is 0. The summed E-state index contributed by atoms with van der Waals surface area (Å²) in [5, 5.41) is 18.0. The summed E-state index contributed by atoms with van der Waals surface area (Å²) in [6, 6.07) is 12.0. The third-order valence-electron chi connectivity index (χ3n) is 2.90. The first kappa shape index (κ1) is 13.6. The van der Waals surface area contributed by atoms with Gasteiger partial charge in [-0.05, 0) is 55.3 Å². The van der Waals surface area contributed by atoms with Crippen LogP contribution in [0.3, 0.4) is 0 Å². The summed E-state index contributed by atoms with van der Waals surface area (Å²) >= 11 is 0. The zero-order valence-corrected chi connectivity index (χ0v) is 11.2. The molecule has 20 heavy (non-hydrogen) atoms. The van der Waals surface area contributed by atoms with Gasteiger partial charge in [0, 0.05) is 0 Å². The van der Waals surface area contributed by atoms with Gasteiger partial charge >= 0.3 is 5.97 Å². The Morgan fingerprint density at radius 1 is 1.15 bits per heavy atom. The fourth-order valence-electron chi connectivity index (χ4n) is 1.84. The SMILES string of the molecule is Cc1ccc(Oc2ccc(C(=O)O)cc2C)c(C#N)c1. The standard InChI is InChI=1S/C16H13NO3/c1-10-3-5-15(13(7-10)9-17)20-14-6-4-12(16(18)19)8-11(14)2/h3-8H,1-2H3,(H,18,19). The van der Waals surface area contributed by atoms with E-state index in [9.17, 15) is 4.79 Å². The molecule has 0 radical (unpaired) electrons. The molecule has 0 bridgehead atoms. The molecule has 0 amide bonds. The van der Waals surface area contributed by atoms with E-state index in [0.717, 1.165) is 5.56 Å². The molecule has 0 unspecified atom stereocenters. The van der Waals surface area contributed by atoms with Crippen LogP contribution < -0.4 is 4.74 Å². The Hall–Kier alpha value is -2.80. The van der Waals surface area contributed by atoms with Gasteiger partial charge in [-0.1, -0.05) is 6.07 Å². The summed E-state index contributed by atoms with van der Waals surface area (Å²) in [5.41, 5.74) is 2.34. The van der Waals surface area contributed by atoms with Gasteiger partial charge in [-0.15, -0.1) is 0 Å².